The summed E-state index contributed by atoms with van der Waals surface area (Å²) in [5.41, 5.74) is 23.4. The van der Waals surface area contributed by atoms with Crippen molar-refractivity contribution < 1.29 is 8.83 Å². The Morgan fingerprint density at radius 2 is 0.850 bits per heavy atom. The standard InChI is InChI=1S/C74H74BN3O2/c1-70(2,3)45-20-29-50(30-21-45)76(51-31-22-46(23-32-51)71(4,5)6)54-37-38-56-57-42-59-62(44-66(57)79-65(56)41-54)78(53-35-26-48(27-36-53)73(10,11)12)75-60-40-49(74(13,14)15)28-39-61(60)77(52-33-24-47(25-34-52)72(7,8)9)63-43-58-55-18-16-17-19-64(55)80-69(58)67(59)68(63)75/h16-44H,1-15H3. The van der Waals surface area contributed by atoms with Crippen molar-refractivity contribution in [1.29, 1.82) is 0 Å². The van der Waals surface area contributed by atoms with Crippen LogP contribution in [0.2, 0.25) is 0 Å². The Morgan fingerprint density at radius 1 is 0.362 bits per heavy atom. The van der Waals surface area contributed by atoms with Gasteiger partial charge in [-0.1, -0.05) is 183 Å². The van der Waals surface area contributed by atoms with Gasteiger partial charge in [0.25, 0.3) is 0 Å². The Bertz CT molecular complexity index is 4180. The number of benzene rings is 9. The second kappa shape index (κ2) is 17.8. The molecule has 0 saturated carbocycles. The number of fused-ring (bicyclic) bond motifs is 11. The third-order valence-corrected chi connectivity index (χ3v) is 17.2. The Kier molecular flexibility index (Phi) is 11.4. The van der Waals surface area contributed by atoms with Gasteiger partial charge in [0.1, 0.15) is 22.3 Å². The van der Waals surface area contributed by atoms with E-state index in [0.717, 1.165) is 94.8 Å². The molecular weight excluding hydrogens is 974 g/mol. The maximum Gasteiger partial charge on any atom is 0.333 e. The van der Waals surface area contributed by atoms with Gasteiger partial charge in [-0.15, -0.1) is 0 Å². The van der Waals surface area contributed by atoms with E-state index in [0.29, 0.717) is 0 Å². The van der Waals surface area contributed by atoms with Crippen molar-refractivity contribution in [1.82, 2.24) is 0 Å². The van der Waals surface area contributed by atoms with E-state index in [1.54, 1.807) is 0 Å². The summed E-state index contributed by atoms with van der Waals surface area (Å²) in [7, 11) is 0. The smallest absolute Gasteiger partial charge is 0.333 e. The van der Waals surface area contributed by atoms with Crippen molar-refractivity contribution in [2.45, 2.75) is 131 Å². The molecule has 4 heterocycles. The molecule has 0 saturated heterocycles. The number of furan rings is 2. The minimum absolute atomic E-state index is 0.00581. The first-order valence-electron chi connectivity index (χ1n) is 28.8. The Labute approximate surface area is 474 Å². The van der Waals surface area contributed by atoms with Crippen molar-refractivity contribution in [2.75, 3.05) is 14.6 Å². The van der Waals surface area contributed by atoms with Gasteiger partial charge in [0.2, 0.25) is 0 Å². The Hall–Kier alpha value is -7.96. The fourth-order valence-electron chi connectivity index (χ4n) is 12.5. The normalized spacial score (nSPS) is 13.9. The van der Waals surface area contributed by atoms with E-state index in [1.165, 1.54) is 44.4 Å². The minimum atomic E-state index is -0.232. The molecule has 2 aliphatic heterocycles. The van der Waals surface area contributed by atoms with Crippen LogP contribution in [0.15, 0.2) is 185 Å². The second-order valence-electron chi connectivity index (χ2n) is 28.0. The van der Waals surface area contributed by atoms with Crippen LogP contribution >= 0.6 is 0 Å². The summed E-state index contributed by atoms with van der Waals surface area (Å²) in [6.07, 6.45) is 0. The first kappa shape index (κ1) is 51.5. The van der Waals surface area contributed by atoms with Crippen molar-refractivity contribution >= 4 is 107 Å². The van der Waals surface area contributed by atoms with E-state index in [-0.39, 0.29) is 33.9 Å². The second-order valence-corrected chi connectivity index (χ2v) is 28.0. The molecule has 0 atom stereocenters. The van der Waals surface area contributed by atoms with Crippen LogP contribution in [0.1, 0.15) is 132 Å². The highest BCUT2D eigenvalue weighted by atomic mass is 16.3. The molecule has 11 aromatic rings. The predicted molar refractivity (Wildman–Crippen MR) is 343 cm³/mol. The van der Waals surface area contributed by atoms with Gasteiger partial charge in [0.15, 0.2) is 0 Å². The molecule has 400 valence electrons. The lowest BCUT2D eigenvalue weighted by Crippen LogP contribution is -2.61. The predicted octanol–water partition coefficient (Wildman–Crippen LogP) is 20.2. The molecule has 0 spiro atoms. The Morgan fingerprint density at radius 3 is 1.41 bits per heavy atom. The van der Waals surface area contributed by atoms with Gasteiger partial charge in [0.05, 0.1) is 0 Å². The molecule has 80 heavy (non-hydrogen) atoms. The zero-order chi connectivity index (χ0) is 56.2. The average Bonchev–Trinajstić information content (AvgIpc) is 3.56. The average molecular weight is 1050 g/mol. The summed E-state index contributed by atoms with van der Waals surface area (Å²) in [6, 6.07) is 66.4. The van der Waals surface area contributed by atoms with E-state index in [9.17, 15) is 0 Å². The van der Waals surface area contributed by atoms with E-state index in [2.05, 4.69) is 294 Å². The number of nitrogens with zero attached hydrogens (tertiary/aromatic N) is 3. The maximum atomic E-state index is 7.24. The molecule has 5 nitrogen and oxygen atoms in total. The lowest BCUT2D eigenvalue weighted by molar-refractivity contribution is 0.590. The quantitative estimate of drug-likeness (QED) is 0.161. The van der Waals surface area contributed by atoms with Crippen molar-refractivity contribution in [2.24, 2.45) is 0 Å². The maximum absolute atomic E-state index is 7.24. The molecule has 0 fully saturated rings. The molecule has 0 aliphatic carbocycles. The highest BCUT2D eigenvalue weighted by Crippen LogP contribution is 2.53. The molecule has 0 N–H and O–H groups in total. The minimum Gasteiger partial charge on any atom is -0.456 e. The van der Waals surface area contributed by atoms with Gasteiger partial charge in [-0.25, -0.2) is 0 Å². The third-order valence-electron chi connectivity index (χ3n) is 17.2. The van der Waals surface area contributed by atoms with E-state index in [1.807, 2.05) is 0 Å². The first-order valence-corrected chi connectivity index (χ1v) is 28.8. The molecular formula is C74H74BN3O2. The van der Waals surface area contributed by atoms with Gasteiger partial charge in [0, 0.05) is 90.3 Å². The topological polar surface area (TPSA) is 36.0 Å². The summed E-state index contributed by atoms with van der Waals surface area (Å²) in [5, 5.41) is 4.32. The van der Waals surface area contributed by atoms with E-state index < -0.39 is 0 Å². The summed E-state index contributed by atoms with van der Waals surface area (Å²) >= 11 is 0. The summed E-state index contributed by atoms with van der Waals surface area (Å²) in [6.45, 7) is 34.1. The van der Waals surface area contributed by atoms with Crippen molar-refractivity contribution in [3.8, 4) is 11.1 Å². The fraction of sp³-hybridized carbons (Fsp3) is 0.270. The fourth-order valence-corrected chi connectivity index (χ4v) is 12.5. The summed E-state index contributed by atoms with van der Waals surface area (Å²) in [5.74, 6) is 0. The SMILES string of the molecule is CC(C)(C)c1ccc(N2B3c4cc(C(C)(C)C)ccc4N(c4ccc(C(C)(C)C)cc4)c4cc5c(oc6ccccc65)c(c43)-c3cc4c(cc32)oc2cc(N(c3ccc(C(C)(C)C)cc3)c3ccc(C(C)(C)C)cc3)ccc24)cc1. The van der Waals surface area contributed by atoms with Gasteiger partial charge >= 0.3 is 6.85 Å². The molecule has 9 aromatic carbocycles. The van der Waals surface area contributed by atoms with Crippen LogP contribution in [-0.4, -0.2) is 6.85 Å². The number of anilines is 8. The lowest BCUT2D eigenvalue weighted by atomic mass is 9.43. The van der Waals surface area contributed by atoms with Gasteiger partial charge < -0.3 is 23.4 Å². The van der Waals surface area contributed by atoms with Gasteiger partial charge in [-0.3, -0.25) is 0 Å². The molecule has 0 unspecified atom stereocenters. The number of para-hydroxylation sites is 1. The van der Waals surface area contributed by atoms with Gasteiger partial charge in [-0.05, 0) is 151 Å². The van der Waals surface area contributed by atoms with Crippen LogP contribution in [0, 0.1) is 0 Å². The molecule has 2 aliphatic rings. The van der Waals surface area contributed by atoms with Crippen LogP contribution < -0.4 is 25.5 Å². The number of hydrogen-bond acceptors (Lipinski definition) is 5. The van der Waals surface area contributed by atoms with E-state index >= 15 is 0 Å². The van der Waals surface area contributed by atoms with Gasteiger partial charge in [-0.2, -0.15) is 0 Å². The van der Waals surface area contributed by atoms with Crippen LogP contribution in [0.3, 0.4) is 0 Å². The molecule has 2 aromatic heterocycles. The zero-order valence-electron chi connectivity index (χ0n) is 49.5. The third kappa shape index (κ3) is 8.43. The monoisotopic (exact) mass is 1050 g/mol. The molecule has 0 amide bonds. The summed E-state index contributed by atoms with van der Waals surface area (Å²) in [4.78, 5) is 7.50. The van der Waals surface area contributed by atoms with Crippen LogP contribution in [0.4, 0.5) is 45.5 Å². The number of rotatable bonds is 5. The van der Waals surface area contributed by atoms with Crippen molar-refractivity contribution in [3.63, 3.8) is 0 Å². The highest BCUT2D eigenvalue weighted by Gasteiger charge is 2.47. The number of hydrogen-bond donors (Lipinski definition) is 0. The molecule has 13 rings (SSSR count). The van der Waals surface area contributed by atoms with Crippen LogP contribution in [0.5, 0.6) is 0 Å². The lowest BCUT2D eigenvalue weighted by Gasteiger charge is -2.46. The zero-order valence-corrected chi connectivity index (χ0v) is 49.5. The molecule has 0 bridgehead atoms. The highest BCUT2D eigenvalue weighted by molar-refractivity contribution is 6.94. The van der Waals surface area contributed by atoms with Crippen LogP contribution in [0.25, 0.3) is 55.0 Å². The first-order chi connectivity index (χ1) is 37.8. The van der Waals surface area contributed by atoms with E-state index in [4.69, 9.17) is 8.83 Å². The van der Waals surface area contributed by atoms with Crippen LogP contribution in [-0.2, 0) is 27.1 Å². The van der Waals surface area contributed by atoms with Crippen molar-refractivity contribution in [3.05, 3.63) is 204 Å². The molecule has 6 heteroatoms. The Balaban J connectivity index is 1.10. The summed E-state index contributed by atoms with van der Waals surface area (Å²) < 4.78 is 14.5. The molecule has 0 radical (unpaired) electrons. The largest absolute Gasteiger partial charge is 0.456 e.